The number of halogens is 1. The van der Waals surface area contributed by atoms with Crippen molar-refractivity contribution in [1.82, 2.24) is 0 Å². The lowest BCUT2D eigenvalue weighted by molar-refractivity contribution is 0.839. The summed E-state index contributed by atoms with van der Waals surface area (Å²) in [4.78, 5) is 0. The highest BCUT2D eigenvalue weighted by Crippen LogP contribution is 2.27. The van der Waals surface area contributed by atoms with Gasteiger partial charge in [-0.1, -0.05) is 11.6 Å². The van der Waals surface area contributed by atoms with Crippen LogP contribution in [0.5, 0.6) is 0 Å². The standard InChI is InChI=1S/C9H10ClN/c1-6-4-7-5-8(10)2-3-9(7)11-6/h2-3,5-6,11H,4H2,1H3/t6-/m1/s1. The fourth-order valence-electron chi connectivity index (χ4n) is 1.52. The molecule has 0 aromatic heterocycles. The summed E-state index contributed by atoms with van der Waals surface area (Å²) in [6.45, 7) is 2.17. The number of nitrogens with one attached hydrogen (secondary N) is 1. The Bertz CT molecular complexity index is 283. The van der Waals surface area contributed by atoms with Gasteiger partial charge in [-0.15, -0.1) is 0 Å². The van der Waals surface area contributed by atoms with Crippen LogP contribution in [0.2, 0.25) is 5.02 Å². The molecule has 58 valence electrons. The van der Waals surface area contributed by atoms with E-state index in [0.29, 0.717) is 6.04 Å². The highest BCUT2D eigenvalue weighted by atomic mass is 35.5. The van der Waals surface area contributed by atoms with E-state index in [1.807, 2.05) is 18.2 Å². The second-order valence-corrected chi connectivity index (χ2v) is 3.49. The van der Waals surface area contributed by atoms with Crippen LogP contribution in [0.4, 0.5) is 5.69 Å². The molecule has 1 N–H and O–H groups in total. The van der Waals surface area contributed by atoms with E-state index in [0.717, 1.165) is 11.4 Å². The van der Waals surface area contributed by atoms with Crippen LogP contribution in [0.3, 0.4) is 0 Å². The van der Waals surface area contributed by atoms with Crippen LogP contribution < -0.4 is 5.32 Å². The molecule has 1 aromatic carbocycles. The third-order valence-electron chi connectivity index (χ3n) is 2.00. The van der Waals surface area contributed by atoms with Gasteiger partial charge in [-0.2, -0.15) is 0 Å². The van der Waals surface area contributed by atoms with Crippen molar-refractivity contribution in [2.45, 2.75) is 19.4 Å². The van der Waals surface area contributed by atoms with E-state index < -0.39 is 0 Å². The van der Waals surface area contributed by atoms with Crippen molar-refractivity contribution in [2.75, 3.05) is 5.32 Å². The largest absolute Gasteiger partial charge is 0.382 e. The van der Waals surface area contributed by atoms with Gasteiger partial charge in [0.15, 0.2) is 0 Å². The van der Waals surface area contributed by atoms with Crippen molar-refractivity contribution in [3.63, 3.8) is 0 Å². The molecule has 0 saturated carbocycles. The van der Waals surface area contributed by atoms with Crippen LogP contribution in [0.1, 0.15) is 12.5 Å². The average Bonchev–Trinajstić information content (AvgIpc) is 2.27. The van der Waals surface area contributed by atoms with Gasteiger partial charge < -0.3 is 5.32 Å². The lowest BCUT2D eigenvalue weighted by atomic mass is 10.1. The molecule has 0 aliphatic carbocycles. The van der Waals surface area contributed by atoms with Gasteiger partial charge in [0.05, 0.1) is 0 Å². The molecule has 0 amide bonds. The molecule has 1 aliphatic rings. The zero-order chi connectivity index (χ0) is 7.84. The van der Waals surface area contributed by atoms with E-state index >= 15 is 0 Å². The summed E-state index contributed by atoms with van der Waals surface area (Å²) in [7, 11) is 0. The molecule has 1 aromatic rings. The number of benzene rings is 1. The quantitative estimate of drug-likeness (QED) is 0.627. The SMILES string of the molecule is C[C@@H]1Cc2cc(Cl)ccc2N1. The van der Waals surface area contributed by atoms with Gasteiger partial charge >= 0.3 is 0 Å². The topological polar surface area (TPSA) is 12.0 Å². The fraction of sp³-hybridized carbons (Fsp3) is 0.333. The molecule has 1 atom stereocenters. The van der Waals surface area contributed by atoms with Gasteiger partial charge in [-0.3, -0.25) is 0 Å². The highest BCUT2D eigenvalue weighted by Gasteiger charge is 2.15. The molecule has 0 bridgehead atoms. The molecule has 2 heteroatoms. The van der Waals surface area contributed by atoms with Crippen LogP contribution in [-0.4, -0.2) is 6.04 Å². The number of rotatable bonds is 0. The minimum Gasteiger partial charge on any atom is -0.382 e. The van der Waals surface area contributed by atoms with Crippen molar-refractivity contribution >= 4 is 17.3 Å². The zero-order valence-corrected chi connectivity index (χ0v) is 7.15. The Morgan fingerprint density at radius 2 is 2.36 bits per heavy atom. The summed E-state index contributed by atoms with van der Waals surface area (Å²) in [5, 5.41) is 4.20. The summed E-state index contributed by atoms with van der Waals surface area (Å²) in [5.74, 6) is 0. The van der Waals surface area contributed by atoms with Gasteiger partial charge in [0, 0.05) is 16.8 Å². The summed E-state index contributed by atoms with van der Waals surface area (Å²) < 4.78 is 0. The van der Waals surface area contributed by atoms with Crippen LogP contribution in [0.25, 0.3) is 0 Å². The van der Waals surface area contributed by atoms with Crippen LogP contribution in [0.15, 0.2) is 18.2 Å². The first-order valence-electron chi connectivity index (χ1n) is 3.80. The number of hydrogen-bond donors (Lipinski definition) is 1. The summed E-state index contributed by atoms with van der Waals surface area (Å²) in [5.41, 5.74) is 2.58. The highest BCUT2D eigenvalue weighted by molar-refractivity contribution is 6.30. The molecular weight excluding hydrogens is 158 g/mol. The lowest BCUT2D eigenvalue weighted by Gasteiger charge is -2.00. The molecule has 0 fully saturated rings. The molecule has 0 spiro atoms. The van der Waals surface area contributed by atoms with E-state index in [-0.39, 0.29) is 0 Å². The lowest BCUT2D eigenvalue weighted by Crippen LogP contribution is -2.08. The van der Waals surface area contributed by atoms with Crippen molar-refractivity contribution in [2.24, 2.45) is 0 Å². The Hall–Kier alpha value is -0.690. The fourth-order valence-corrected chi connectivity index (χ4v) is 1.71. The minimum atomic E-state index is 0.559. The van der Waals surface area contributed by atoms with E-state index in [4.69, 9.17) is 11.6 Å². The predicted molar refractivity (Wildman–Crippen MR) is 48.2 cm³/mol. The first-order chi connectivity index (χ1) is 5.25. The monoisotopic (exact) mass is 167 g/mol. The Labute approximate surface area is 71.4 Å². The Kier molecular flexibility index (Phi) is 1.53. The normalized spacial score (nSPS) is 21.1. The molecule has 0 unspecified atom stereocenters. The molecular formula is C9H10ClN. The summed E-state index contributed by atoms with van der Waals surface area (Å²) in [6.07, 6.45) is 1.09. The maximum atomic E-state index is 5.84. The summed E-state index contributed by atoms with van der Waals surface area (Å²) >= 11 is 5.84. The first kappa shape index (κ1) is 6.99. The molecule has 0 saturated heterocycles. The molecule has 1 nitrogen and oxygen atoms in total. The van der Waals surface area contributed by atoms with Gasteiger partial charge in [0.2, 0.25) is 0 Å². The Morgan fingerprint density at radius 1 is 1.55 bits per heavy atom. The van der Waals surface area contributed by atoms with Gasteiger partial charge in [-0.05, 0) is 37.1 Å². The maximum absolute atomic E-state index is 5.84. The minimum absolute atomic E-state index is 0.559. The second-order valence-electron chi connectivity index (χ2n) is 3.05. The van der Waals surface area contributed by atoms with Gasteiger partial charge in [0.1, 0.15) is 0 Å². The van der Waals surface area contributed by atoms with Crippen LogP contribution >= 0.6 is 11.6 Å². The van der Waals surface area contributed by atoms with Crippen molar-refractivity contribution in [3.05, 3.63) is 28.8 Å². The van der Waals surface area contributed by atoms with Crippen molar-refractivity contribution < 1.29 is 0 Å². The third-order valence-corrected chi connectivity index (χ3v) is 2.23. The number of hydrogen-bond acceptors (Lipinski definition) is 1. The molecule has 11 heavy (non-hydrogen) atoms. The van der Waals surface area contributed by atoms with Crippen LogP contribution in [-0.2, 0) is 6.42 Å². The zero-order valence-electron chi connectivity index (χ0n) is 6.39. The number of anilines is 1. The molecule has 2 rings (SSSR count). The van der Waals surface area contributed by atoms with E-state index in [1.54, 1.807) is 0 Å². The van der Waals surface area contributed by atoms with E-state index in [1.165, 1.54) is 11.3 Å². The Balaban J connectivity index is 2.43. The van der Waals surface area contributed by atoms with Crippen LogP contribution in [0, 0.1) is 0 Å². The molecule has 1 heterocycles. The van der Waals surface area contributed by atoms with Crippen molar-refractivity contribution in [3.8, 4) is 0 Å². The number of fused-ring (bicyclic) bond motifs is 1. The van der Waals surface area contributed by atoms with Gasteiger partial charge in [0.25, 0.3) is 0 Å². The molecule has 1 aliphatic heterocycles. The predicted octanol–water partition coefficient (Wildman–Crippen LogP) is 2.70. The maximum Gasteiger partial charge on any atom is 0.0410 e. The smallest absolute Gasteiger partial charge is 0.0410 e. The average molecular weight is 168 g/mol. The first-order valence-corrected chi connectivity index (χ1v) is 4.18. The van der Waals surface area contributed by atoms with E-state index in [2.05, 4.69) is 12.2 Å². The second kappa shape index (κ2) is 2.42. The molecule has 0 radical (unpaired) electrons. The van der Waals surface area contributed by atoms with E-state index in [9.17, 15) is 0 Å². The third kappa shape index (κ3) is 1.21. The Morgan fingerprint density at radius 3 is 3.18 bits per heavy atom. The summed E-state index contributed by atoms with van der Waals surface area (Å²) in [6, 6.07) is 6.56. The van der Waals surface area contributed by atoms with Crippen molar-refractivity contribution in [1.29, 1.82) is 0 Å². The van der Waals surface area contributed by atoms with Gasteiger partial charge in [-0.25, -0.2) is 0 Å².